The summed E-state index contributed by atoms with van der Waals surface area (Å²) >= 11 is 4.82. The van der Waals surface area contributed by atoms with E-state index in [4.69, 9.17) is 10.5 Å². The number of fused-ring (bicyclic) bond motifs is 1. The monoisotopic (exact) mass is 299 g/mol. The molecule has 84 valence electrons. The number of ether oxygens (including phenoxy) is 1. The minimum Gasteiger partial charge on any atom is -0.465 e. The summed E-state index contributed by atoms with van der Waals surface area (Å²) in [5.74, 6) is -0.380. The number of rotatable bonds is 1. The summed E-state index contributed by atoms with van der Waals surface area (Å²) in [7, 11) is 1.36. The Morgan fingerprint density at radius 1 is 1.50 bits per heavy atom. The van der Waals surface area contributed by atoms with E-state index < -0.39 is 0 Å². The quantitative estimate of drug-likeness (QED) is 0.822. The summed E-state index contributed by atoms with van der Waals surface area (Å²) in [5, 5.41) is 0.908. The fraction of sp³-hybridized carbons (Fsp3) is 0.182. The number of carbonyl (C=O) groups is 1. The largest absolute Gasteiger partial charge is 0.465 e. The third-order valence-electron chi connectivity index (χ3n) is 2.45. The van der Waals surface area contributed by atoms with E-state index in [2.05, 4.69) is 15.9 Å². The Morgan fingerprint density at radius 2 is 2.19 bits per heavy atom. The number of hydrogen-bond donors (Lipinski definition) is 1. The number of esters is 1. The molecule has 2 aromatic rings. The highest BCUT2D eigenvalue weighted by Crippen LogP contribution is 2.38. The molecule has 0 saturated heterocycles. The number of thiophene rings is 1. The molecule has 0 atom stereocenters. The van der Waals surface area contributed by atoms with Crippen molar-refractivity contribution in [1.82, 2.24) is 0 Å². The van der Waals surface area contributed by atoms with Crippen LogP contribution < -0.4 is 5.73 Å². The highest BCUT2D eigenvalue weighted by molar-refractivity contribution is 9.10. The van der Waals surface area contributed by atoms with Gasteiger partial charge in [-0.3, -0.25) is 0 Å². The number of benzene rings is 1. The molecule has 0 radical (unpaired) electrons. The molecular weight excluding hydrogens is 290 g/mol. The summed E-state index contributed by atoms with van der Waals surface area (Å²) in [6.07, 6.45) is 0. The first-order chi connectivity index (χ1) is 7.56. The van der Waals surface area contributed by atoms with E-state index in [-0.39, 0.29) is 5.97 Å². The molecule has 0 amide bonds. The smallest absolute Gasteiger partial charge is 0.350 e. The zero-order valence-corrected chi connectivity index (χ0v) is 11.2. The molecule has 0 spiro atoms. The molecule has 0 aliphatic rings. The van der Waals surface area contributed by atoms with E-state index in [1.54, 1.807) is 0 Å². The van der Waals surface area contributed by atoms with Crippen LogP contribution in [0.4, 0.5) is 5.69 Å². The number of anilines is 1. The number of aryl methyl sites for hydroxylation is 1. The standard InChI is InChI=1S/C11H10BrNO2S/c1-5-7(12)4-3-6-8(13)10(11(14)15-2)16-9(5)6/h3-4H,13H2,1-2H3. The van der Waals surface area contributed by atoms with E-state index >= 15 is 0 Å². The Morgan fingerprint density at radius 3 is 2.81 bits per heavy atom. The predicted octanol–water partition coefficient (Wildman–Crippen LogP) is 3.34. The van der Waals surface area contributed by atoms with E-state index in [9.17, 15) is 4.79 Å². The van der Waals surface area contributed by atoms with Crippen LogP contribution in [0.25, 0.3) is 10.1 Å². The molecule has 0 aliphatic heterocycles. The van der Waals surface area contributed by atoms with Gasteiger partial charge >= 0.3 is 5.97 Å². The van der Waals surface area contributed by atoms with Crippen LogP contribution in [-0.4, -0.2) is 13.1 Å². The lowest BCUT2D eigenvalue weighted by atomic mass is 10.1. The van der Waals surface area contributed by atoms with Crippen molar-refractivity contribution in [1.29, 1.82) is 0 Å². The van der Waals surface area contributed by atoms with Crippen molar-refractivity contribution in [2.24, 2.45) is 0 Å². The second kappa shape index (κ2) is 4.07. The number of nitrogen functional groups attached to an aromatic ring is 1. The highest BCUT2D eigenvalue weighted by atomic mass is 79.9. The molecule has 2 rings (SSSR count). The molecular formula is C11H10BrNO2S. The van der Waals surface area contributed by atoms with Crippen LogP contribution >= 0.6 is 27.3 Å². The van der Waals surface area contributed by atoms with Crippen molar-refractivity contribution in [3.8, 4) is 0 Å². The fourth-order valence-electron chi connectivity index (χ4n) is 1.53. The topological polar surface area (TPSA) is 52.3 Å². The SMILES string of the molecule is COC(=O)c1sc2c(C)c(Br)ccc2c1N. The third kappa shape index (κ3) is 1.60. The van der Waals surface area contributed by atoms with Gasteiger partial charge in [-0.25, -0.2) is 4.79 Å². The predicted molar refractivity (Wildman–Crippen MR) is 70.0 cm³/mol. The fourth-order valence-corrected chi connectivity index (χ4v) is 3.14. The van der Waals surface area contributed by atoms with Gasteiger partial charge < -0.3 is 10.5 Å². The Labute approximate surface area is 105 Å². The Hall–Kier alpha value is -1.07. The Bertz CT molecular complexity index is 577. The highest BCUT2D eigenvalue weighted by Gasteiger charge is 2.18. The molecule has 16 heavy (non-hydrogen) atoms. The first kappa shape index (κ1) is 11.4. The van der Waals surface area contributed by atoms with Crippen molar-refractivity contribution < 1.29 is 9.53 Å². The summed E-state index contributed by atoms with van der Waals surface area (Å²) in [6, 6.07) is 3.84. The molecule has 3 nitrogen and oxygen atoms in total. The number of carbonyl (C=O) groups excluding carboxylic acids is 1. The van der Waals surface area contributed by atoms with Gasteiger partial charge in [0.05, 0.1) is 12.8 Å². The number of nitrogens with two attached hydrogens (primary N) is 1. The van der Waals surface area contributed by atoms with Crippen molar-refractivity contribution in [2.75, 3.05) is 12.8 Å². The van der Waals surface area contributed by atoms with Gasteiger partial charge in [-0.15, -0.1) is 11.3 Å². The molecule has 1 aromatic heterocycles. The van der Waals surface area contributed by atoms with Crippen LogP contribution in [0.5, 0.6) is 0 Å². The summed E-state index contributed by atoms with van der Waals surface area (Å²) < 4.78 is 6.73. The van der Waals surface area contributed by atoms with E-state index in [1.807, 2.05) is 19.1 Å². The molecule has 5 heteroatoms. The molecule has 0 fully saturated rings. The molecule has 1 heterocycles. The van der Waals surface area contributed by atoms with Gasteiger partial charge in [0.1, 0.15) is 4.88 Å². The van der Waals surface area contributed by atoms with Gasteiger partial charge in [-0.05, 0) is 18.6 Å². The van der Waals surface area contributed by atoms with Gasteiger partial charge in [0.15, 0.2) is 0 Å². The first-order valence-electron chi connectivity index (χ1n) is 4.61. The van der Waals surface area contributed by atoms with Crippen LogP contribution in [-0.2, 0) is 4.74 Å². The third-order valence-corrected chi connectivity index (χ3v) is 4.63. The van der Waals surface area contributed by atoms with Crippen molar-refractivity contribution in [3.63, 3.8) is 0 Å². The van der Waals surface area contributed by atoms with Crippen LogP contribution in [0.3, 0.4) is 0 Å². The molecule has 0 bridgehead atoms. The lowest BCUT2D eigenvalue weighted by Crippen LogP contribution is -2.01. The minimum absolute atomic E-state index is 0.380. The van der Waals surface area contributed by atoms with Crippen LogP contribution in [0.2, 0.25) is 0 Å². The average molecular weight is 300 g/mol. The van der Waals surface area contributed by atoms with Gasteiger partial charge in [0.25, 0.3) is 0 Å². The maximum atomic E-state index is 11.5. The second-order valence-corrected chi connectivity index (χ2v) is 5.26. The normalized spacial score (nSPS) is 10.7. The zero-order valence-electron chi connectivity index (χ0n) is 8.83. The maximum Gasteiger partial charge on any atom is 0.350 e. The summed E-state index contributed by atoms with van der Waals surface area (Å²) in [5.41, 5.74) is 7.52. The van der Waals surface area contributed by atoms with Gasteiger partial charge in [0.2, 0.25) is 0 Å². The number of halogens is 1. The van der Waals surface area contributed by atoms with Gasteiger partial charge in [0, 0.05) is 14.6 Å². The zero-order chi connectivity index (χ0) is 11.9. The van der Waals surface area contributed by atoms with Crippen molar-refractivity contribution >= 4 is 49.0 Å². The molecule has 0 unspecified atom stereocenters. The minimum atomic E-state index is -0.380. The summed E-state index contributed by atoms with van der Waals surface area (Å²) in [6.45, 7) is 1.99. The van der Waals surface area contributed by atoms with Crippen molar-refractivity contribution in [3.05, 3.63) is 27.0 Å². The maximum absolute atomic E-state index is 11.5. The van der Waals surface area contributed by atoms with E-state index in [1.165, 1.54) is 18.4 Å². The lowest BCUT2D eigenvalue weighted by Gasteiger charge is -1.98. The Balaban J connectivity index is 2.77. The van der Waals surface area contributed by atoms with Crippen molar-refractivity contribution in [2.45, 2.75) is 6.92 Å². The van der Waals surface area contributed by atoms with Crippen LogP contribution in [0, 0.1) is 6.92 Å². The number of hydrogen-bond acceptors (Lipinski definition) is 4. The van der Waals surface area contributed by atoms with Crippen LogP contribution in [0.1, 0.15) is 15.2 Å². The lowest BCUT2D eigenvalue weighted by molar-refractivity contribution is 0.0607. The number of methoxy groups -OCH3 is 1. The van der Waals surface area contributed by atoms with Gasteiger partial charge in [-0.2, -0.15) is 0 Å². The molecule has 0 saturated carbocycles. The van der Waals surface area contributed by atoms with E-state index in [0.717, 1.165) is 20.1 Å². The average Bonchev–Trinajstić information content (AvgIpc) is 2.61. The Kier molecular flexibility index (Phi) is 2.90. The van der Waals surface area contributed by atoms with Crippen LogP contribution in [0.15, 0.2) is 16.6 Å². The molecule has 2 N–H and O–H groups in total. The first-order valence-corrected chi connectivity index (χ1v) is 6.22. The molecule has 1 aromatic carbocycles. The summed E-state index contributed by atoms with van der Waals surface area (Å²) in [4.78, 5) is 12.0. The second-order valence-electron chi connectivity index (χ2n) is 3.39. The van der Waals surface area contributed by atoms with Gasteiger partial charge in [-0.1, -0.05) is 22.0 Å². The van der Waals surface area contributed by atoms with E-state index in [0.29, 0.717) is 10.6 Å². The molecule has 0 aliphatic carbocycles.